The lowest BCUT2D eigenvalue weighted by molar-refractivity contribution is 0.613. The van der Waals surface area contributed by atoms with E-state index >= 15 is 0 Å². The van der Waals surface area contributed by atoms with Crippen LogP contribution in [0, 0.1) is 0 Å². The third-order valence-electron chi connectivity index (χ3n) is 4.34. The van der Waals surface area contributed by atoms with E-state index in [1.165, 1.54) is 30.6 Å². The molecule has 1 aromatic heterocycles. The first kappa shape index (κ1) is 18.5. The fourth-order valence-corrected chi connectivity index (χ4v) is 7.61. The second-order valence-corrected chi connectivity index (χ2v) is 10.1. The first-order chi connectivity index (χ1) is 11.6. The highest BCUT2D eigenvalue weighted by molar-refractivity contribution is 8.21. The van der Waals surface area contributed by atoms with Crippen molar-refractivity contribution in [3.8, 4) is 0 Å². The number of nitrogens with zero attached hydrogens (tertiary/aromatic N) is 2. The number of aromatic nitrogens is 2. The molecule has 2 heterocycles. The van der Waals surface area contributed by atoms with E-state index in [1.54, 1.807) is 0 Å². The van der Waals surface area contributed by atoms with Crippen molar-refractivity contribution in [3.63, 3.8) is 0 Å². The summed E-state index contributed by atoms with van der Waals surface area (Å²) in [6.45, 7) is 3.20. The van der Waals surface area contributed by atoms with Crippen LogP contribution >= 0.6 is 46.7 Å². The normalized spacial score (nSPS) is 23.7. The van der Waals surface area contributed by atoms with E-state index in [-0.39, 0.29) is 4.08 Å². The summed E-state index contributed by atoms with van der Waals surface area (Å²) in [5.74, 6) is 1.19. The second kappa shape index (κ2) is 8.39. The van der Waals surface area contributed by atoms with Crippen molar-refractivity contribution >= 4 is 46.7 Å². The average Bonchev–Trinajstić information content (AvgIpc) is 3.21. The van der Waals surface area contributed by atoms with Gasteiger partial charge in [0, 0.05) is 40.0 Å². The summed E-state index contributed by atoms with van der Waals surface area (Å²) >= 11 is 16.8. The second-order valence-electron chi connectivity index (χ2n) is 6.12. The van der Waals surface area contributed by atoms with Crippen LogP contribution < -0.4 is 0 Å². The average molecular weight is 401 g/mol. The lowest BCUT2D eigenvalue weighted by Gasteiger charge is -2.30. The van der Waals surface area contributed by atoms with Crippen LogP contribution in [0.1, 0.15) is 38.2 Å². The Kier molecular flexibility index (Phi) is 6.47. The Hall–Kier alpha value is -0.290. The summed E-state index contributed by atoms with van der Waals surface area (Å²) in [4.78, 5) is 4.15. The molecule has 0 bridgehead atoms. The van der Waals surface area contributed by atoms with Gasteiger partial charge in [-0.1, -0.05) is 49.0 Å². The Morgan fingerprint density at radius 3 is 2.96 bits per heavy atom. The lowest BCUT2D eigenvalue weighted by atomic mass is 10.1. The van der Waals surface area contributed by atoms with Crippen molar-refractivity contribution in [2.45, 2.75) is 48.5 Å². The molecular formula is C18H22Cl2N2S2. The van der Waals surface area contributed by atoms with Gasteiger partial charge in [0.25, 0.3) is 0 Å². The van der Waals surface area contributed by atoms with Crippen LogP contribution in [-0.2, 0) is 10.6 Å². The predicted molar refractivity (Wildman–Crippen MR) is 108 cm³/mol. The third-order valence-corrected chi connectivity index (χ3v) is 8.74. The molecule has 0 aliphatic carbocycles. The van der Waals surface area contributed by atoms with Crippen molar-refractivity contribution in [3.05, 3.63) is 52.5 Å². The fraction of sp³-hybridized carbons (Fsp3) is 0.500. The van der Waals surface area contributed by atoms with Crippen molar-refractivity contribution in [1.29, 1.82) is 0 Å². The zero-order chi connectivity index (χ0) is 17.0. The van der Waals surface area contributed by atoms with Crippen LogP contribution in [0.3, 0.4) is 0 Å². The third kappa shape index (κ3) is 4.27. The van der Waals surface area contributed by atoms with Crippen LogP contribution in [-0.4, -0.2) is 20.6 Å². The predicted octanol–water partition coefficient (Wildman–Crippen LogP) is 6.47. The standard InChI is InChI=1S/C18H22Cl2N2S2/c1-2-3-4-15-12-23-18(24-15,7-9-22-10-8-21-13-22)16-6-5-14(19)11-17(16)20/h5-6,8,10-11,13,15H,2-4,7,9,12H2,1H3. The number of halogens is 2. The van der Waals surface area contributed by atoms with Crippen molar-refractivity contribution in [2.24, 2.45) is 0 Å². The molecule has 130 valence electrons. The molecule has 3 rings (SSSR count). The van der Waals surface area contributed by atoms with Gasteiger partial charge in [0.05, 0.1) is 10.4 Å². The monoisotopic (exact) mass is 400 g/mol. The summed E-state index contributed by atoms with van der Waals surface area (Å²) in [6, 6.07) is 5.95. The quantitative estimate of drug-likeness (QED) is 0.529. The highest BCUT2D eigenvalue weighted by atomic mass is 35.5. The summed E-state index contributed by atoms with van der Waals surface area (Å²) in [6.07, 6.45) is 10.6. The van der Waals surface area contributed by atoms with Gasteiger partial charge in [-0.25, -0.2) is 4.98 Å². The van der Waals surface area contributed by atoms with Gasteiger partial charge >= 0.3 is 0 Å². The van der Waals surface area contributed by atoms with Crippen LogP contribution in [0.5, 0.6) is 0 Å². The number of benzene rings is 1. The minimum Gasteiger partial charge on any atom is -0.337 e. The van der Waals surface area contributed by atoms with Crippen molar-refractivity contribution in [1.82, 2.24) is 9.55 Å². The van der Waals surface area contributed by atoms with Gasteiger partial charge in [0.15, 0.2) is 0 Å². The molecule has 2 nitrogen and oxygen atoms in total. The first-order valence-corrected chi connectivity index (χ1v) is 11.0. The number of hydrogen-bond donors (Lipinski definition) is 0. The van der Waals surface area contributed by atoms with Gasteiger partial charge in [0.2, 0.25) is 0 Å². The lowest BCUT2D eigenvalue weighted by Crippen LogP contribution is -2.18. The summed E-state index contributed by atoms with van der Waals surface area (Å²) in [5, 5.41) is 2.18. The fourth-order valence-electron chi connectivity index (χ4n) is 3.04. The molecule has 0 N–H and O–H groups in total. The number of rotatable bonds is 7. The maximum Gasteiger partial charge on any atom is 0.0945 e. The highest BCUT2D eigenvalue weighted by Crippen LogP contribution is 2.59. The zero-order valence-corrected chi connectivity index (χ0v) is 16.9. The Labute approximate surface area is 162 Å². The number of imidazole rings is 1. The van der Waals surface area contributed by atoms with E-state index in [0.29, 0.717) is 10.3 Å². The van der Waals surface area contributed by atoms with E-state index in [4.69, 9.17) is 23.2 Å². The number of thioether (sulfide) groups is 2. The maximum atomic E-state index is 6.58. The molecule has 0 saturated carbocycles. The van der Waals surface area contributed by atoms with E-state index in [0.717, 1.165) is 18.0 Å². The van der Waals surface area contributed by atoms with Gasteiger partial charge in [-0.05, 0) is 30.5 Å². The molecule has 2 aromatic rings. The summed E-state index contributed by atoms with van der Waals surface area (Å²) < 4.78 is 2.15. The van der Waals surface area contributed by atoms with Crippen LogP contribution in [0.4, 0.5) is 0 Å². The number of unbranched alkanes of at least 4 members (excludes halogenated alkanes) is 1. The van der Waals surface area contributed by atoms with Gasteiger partial charge in [-0.2, -0.15) is 0 Å². The van der Waals surface area contributed by atoms with Crippen LogP contribution in [0.25, 0.3) is 0 Å². The Morgan fingerprint density at radius 1 is 1.38 bits per heavy atom. The molecular weight excluding hydrogens is 379 g/mol. The Morgan fingerprint density at radius 2 is 2.25 bits per heavy atom. The molecule has 1 aliphatic heterocycles. The SMILES string of the molecule is CCCCC1CSC(CCn2ccnc2)(c2ccc(Cl)cc2Cl)S1. The zero-order valence-electron chi connectivity index (χ0n) is 13.8. The van der Waals surface area contributed by atoms with Crippen LogP contribution in [0.15, 0.2) is 36.9 Å². The molecule has 0 amide bonds. The van der Waals surface area contributed by atoms with Gasteiger partial charge in [-0.3, -0.25) is 0 Å². The maximum absolute atomic E-state index is 6.58. The molecule has 1 saturated heterocycles. The van der Waals surface area contributed by atoms with Gasteiger partial charge < -0.3 is 4.57 Å². The molecule has 1 aliphatic rings. The van der Waals surface area contributed by atoms with Crippen molar-refractivity contribution in [2.75, 3.05) is 5.75 Å². The van der Waals surface area contributed by atoms with Gasteiger partial charge in [-0.15, -0.1) is 23.5 Å². The summed E-state index contributed by atoms with van der Waals surface area (Å²) in [5.41, 5.74) is 1.21. The van der Waals surface area contributed by atoms with E-state index in [2.05, 4.69) is 34.3 Å². The molecule has 6 heteroatoms. The molecule has 2 atom stereocenters. The highest BCUT2D eigenvalue weighted by Gasteiger charge is 2.42. The van der Waals surface area contributed by atoms with E-state index in [1.807, 2.05) is 42.6 Å². The largest absolute Gasteiger partial charge is 0.337 e. The number of hydrogen-bond acceptors (Lipinski definition) is 3. The molecule has 0 radical (unpaired) electrons. The van der Waals surface area contributed by atoms with E-state index in [9.17, 15) is 0 Å². The van der Waals surface area contributed by atoms with Gasteiger partial charge in [0.1, 0.15) is 0 Å². The first-order valence-electron chi connectivity index (χ1n) is 8.36. The molecule has 1 aromatic carbocycles. The smallest absolute Gasteiger partial charge is 0.0945 e. The molecule has 24 heavy (non-hydrogen) atoms. The number of aryl methyl sites for hydroxylation is 1. The van der Waals surface area contributed by atoms with E-state index < -0.39 is 0 Å². The minimum atomic E-state index is 0.00432. The molecule has 2 unspecified atom stereocenters. The Balaban J connectivity index is 1.83. The molecule has 0 spiro atoms. The van der Waals surface area contributed by atoms with Crippen molar-refractivity contribution < 1.29 is 0 Å². The topological polar surface area (TPSA) is 17.8 Å². The summed E-state index contributed by atoms with van der Waals surface area (Å²) in [7, 11) is 0. The minimum absolute atomic E-state index is 0.00432. The Bertz CT molecular complexity index is 663. The molecule has 1 fully saturated rings. The van der Waals surface area contributed by atoms with Crippen LogP contribution in [0.2, 0.25) is 10.0 Å².